The highest BCUT2D eigenvalue weighted by atomic mass is 16.6. The van der Waals surface area contributed by atoms with Crippen molar-refractivity contribution in [1.82, 2.24) is 15.2 Å². The maximum atomic E-state index is 13.3. The summed E-state index contributed by atoms with van der Waals surface area (Å²) >= 11 is 0. The number of aromatic nitrogens is 1. The monoisotopic (exact) mass is 397 g/mol. The van der Waals surface area contributed by atoms with Gasteiger partial charge < -0.3 is 15.1 Å². The van der Waals surface area contributed by atoms with Crippen LogP contribution in [0.4, 0.5) is 11.4 Å². The van der Waals surface area contributed by atoms with Crippen LogP contribution in [0.2, 0.25) is 0 Å². The van der Waals surface area contributed by atoms with Crippen LogP contribution >= 0.6 is 0 Å². The minimum Gasteiger partial charge on any atom is -0.360 e. The molecule has 1 fully saturated rings. The zero-order valence-electron chi connectivity index (χ0n) is 16.7. The van der Waals surface area contributed by atoms with Crippen molar-refractivity contribution in [2.24, 2.45) is 0 Å². The number of anilines is 1. The predicted octanol–water partition coefficient (Wildman–Crippen LogP) is 2.60. The molecule has 1 aliphatic heterocycles. The lowest BCUT2D eigenvalue weighted by Gasteiger charge is -2.32. The Balaban J connectivity index is 1.79. The van der Waals surface area contributed by atoms with Crippen LogP contribution in [-0.2, 0) is 11.3 Å². The van der Waals surface area contributed by atoms with E-state index in [4.69, 9.17) is 0 Å². The van der Waals surface area contributed by atoms with Gasteiger partial charge in [0.2, 0.25) is 5.91 Å². The van der Waals surface area contributed by atoms with E-state index in [1.807, 2.05) is 23.1 Å². The van der Waals surface area contributed by atoms with Gasteiger partial charge in [-0.05, 0) is 50.6 Å². The van der Waals surface area contributed by atoms with Crippen LogP contribution in [0.1, 0.15) is 25.0 Å². The molecule has 0 aliphatic carbocycles. The quantitative estimate of drug-likeness (QED) is 0.570. The number of para-hydroxylation sites is 2. The van der Waals surface area contributed by atoms with Gasteiger partial charge in [0.05, 0.1) is 23.7 Å². The van der Waals surface area contributed by atoms with Crippen molar-refractivity contribution in [3.63, 3.8) is 0 Å². The first-order chi connectivity index (χ1) is 14.1. The average Bonchev–Trinajstić information content (AvgIpc) is 3.02. The average molecular weight is 397 g/mol. The number of nitrogens with zero attached hydrogens (tertiary/aromatic N) is 4. The van der Waals surface area contributed by atoms with Gasteiger partial charge >= 0.3 is 0 Å². The van der Waals surface area contributed by atoms with Crippen LogP contribution in [0.3, 0.4) is 0 Å². The molecule has 2 aromatic rings. The van der Waals surface area contributed by atoms with Crippen molar-refractivity contribution in [2.75, 3.05) is 31.6 Å². The van der Waals surface area contributed by atoms with Gasteiger partial charge in [-0.3, -0.25) is 19.9 Å². The molecule has 1 aromatic carbocycles. The number of rotatable bonds is 7. The van der Waals surface area contributed by atoms with Crippen LogP contribution in [0, 0.1) is 10.1 Å². The van der Waals surface area contributed by atoms with Crippen LogP contribution in [0.25, 0.3) is 0 Å². The van der Waals surface area contributed by atoms with E-state index in [2.05, 4.69) is 10.3 Å². The molecule has 8 nitrogen and oxygen atoms in total. The van der Waals surface area contributed by atoms with Crippen LogP contribution in [0.5, 0.6) is 0 Å². The summed E-state index contributed by atoms with van der Waals surface area (Å²) in [4.78, 5) is 32.1. The minimum absolute atomic E-state index is 0.00209. The first-order valence-corrected chi connectivity index (χ1v) is 9.91. The molecule has 0 bridgehead atoms. The summed E-state index contributed by atoms with van der Waals surface area (Å²) in [6, 6.07) is 12.3. The van der Waals surface area contributed by atoms with E-state index in [9.17, 15) is 14.9 Å². The highest BCUT2D eigenvalue weighted by Crippen LogP contribution is 2.27. The van der Waals surface area contributed by atoms with E-state index in [-0.39, 0.29) is 24.2 Å². The third-order valence-corrected chi connectivity index (χ3v) is 5.23. The molecule has 1 unspecified atom stereocenters. The number of nitro benzene ring substituents is 1. The summed E-state index contributed by atoms with van der Waals surface area (Å²) in [5.41, 5.74) is 1.27. The number of benzene rings is 1. The maximum absolute atomic E-state index is 13.3. The number of nitro groups is 1. The molecule has 8 heteroatoms. The van der Waals surface area contributed by atoms with Gasteiger partial charge in [0.1, 0.15) is 5.69 Å². The second kappa shape index (κ2) is 9.97. The molecule has 3 rings (SSSR count). The summed E-state index contributed by atoms with van der Waals surface area (Å²) in [7, 11) is 1.72. The van der Waals surface area contributed by atoms with Crippen molar-refractivity contribution in [3.05, 3.63) is 64.5 Å². The number of carbonyl (C=O) groups is 1. The minimum atomic E-state index is -0.418. The Kier molecular flexibility index (Phi) is 7.13. The lowest BCUT2D eigenvalue weighted by atomic mass is 10.1. The van der Waals surface area contributed by atoms with Gasteiger partial charge in [-0.2, -0.15) is 0 Å². The molecule has 29 heavy (non-hydrogen) atoms. The predicted molar refractivity (Wildman–Crippen MR) is 112 cm³/mol. The normalized spacial score (nSPS) is 16.7. The highest BCUT2D eigenvalue weighted by Gasteiger charge is 2.27. The molecular formula is C21H27N5O3. The summed E-state index contributed by atoms with van der Waals surface area (Å²) in [6.07, 6.45) is 4.55. The third kappa shape index (κ3) is 5.51. The molecule has 1 amide bonds. The maximum Gasteiger partial charge on any atom is 0.292 e. The molecule has 154 valence electrons. The van der Waals surface area contributed by atoms with Crippen molar-refractivity contribution in [3.8, 4) is 0 Å². The Morgan fingerprint density at radius 3 is 2.76 bits per heavy atom. The second-order valence-electron chi connectivity index (χ2n) is 7.28. The fourth-order valence-corrected chi connectivity index (χ4v) is 3.72. The summed E-state index contributed by atoms with van der Waals surface area (Å²) in [5.74, 6) is -0.0526. The number of pyridine rings is 1. The number of nitrogens with one attached hydrogen (secondary N) is 1. The number of hydrogen-bond donors (Lipinski definition) is 1. The Bertz CT molecular complexity index is 822. The molecule has 0 spiro atoms. The number of hydrogen-bond acceptors (Lipinski definition) is 6. The molecule has 1 saturated heterocycles. The van der Waals surface area contributed by atoms with E-state index in [1.54, 1.807) is 36.3 Å². The van der Waals surface area contributed by atoms with E-state index in [1.165, 1.54) is 6.07 Å². The molecule has 1 aliphatic rings. The second-order valence-corrected chi connectivity index (χ2v) is 7.28. The van der Waals surface area contributed by atoms with Gasteiger partial charge in [0.15, 0.2) is 0 Å². The molecule has 0 saturated carbocycles. The summed E-state index contributed by atoms with van der Waals surface area (Å²) < 4.78 is 0. The molecule has 2 heterocycles. The van der Waals surface area contributed by atoms with E-state index in [0.717, 1.165) is 38.0 Å². The number of likely N-dealkylation sites (N-methyl/N-ethyl adjacent to an activating group) is 1. The number of carbonyl (C=O) groups excluding carboxylic acids is 1. The molecule has 1 atom stereocenters. The van der Waals surface area contributed by atoms with Crippen molar-refractivity contribution in [2.45, 2.75) is 31.8 Å². The van der Waals surface area contributed by atoms with Crippen molar-refractivity contribution in [1.29, 1.82) is 0 Å². The standard InChI is InChI=1S/C21H27N5O3/c1-24(19-9-2-3-10-20(19)26(28)29)16-21(27)25(15-17-7-4-5-13-23-17)18-8-6-12-22-14-11-18/h2-5,7,9-10,13,18,22H,6,8,11-12,14-16H2,1H3. The first kappa shape index (κ1) is 20.7. The number of amides is 1. The molecule has 0 radical (unpaired) electrons. The Morgan fingerprint density at radius 2 is 2.00 bits per heavy atom. The van der Waals surface area contributed by atoms with Gasteiger partial charge in [-0.1, -0.05) is 18.2 Å². The van der Waals surface area contributed by atoms with E-state index >= 15 is 0 Å². The zero-order chi connectivity index (χ0) is 20.6. The lowest BCUT2D eigenvalue weighted by molar-refractivity contribution is -0.384. The van der Waals surface area contributed by atoms with E-state index in [0.29, 0.717) is 12.2 Å². The Labute approximate surface area is 170 Å². The van der Waals surface area contributed by atoms with Crippen LogP contribution in [0.15, 0.2) is 48.7 Å². The molecule has 1 aromatic heterocycles. The highest BCUT2D eigenvalue weighted by molar-refractivity contribution is 5.82. The smallest absolute Gasteiger partial charge is 0.292 e. The Morgan fingerprint density at radius 1 is 1.21 bits per heavy atom. The van der Waals surface area contributed by atoms with Gasteiger partial charge in [0.25, 0.3) is 5.69 Å². The van der Waals surface area contributed by atoms with Gasteiger partial charge in [-0.25, -0.2) is 0 Å². The third-order valence-electron chi connectivity index (χ3n) is 5.23. The summed E-state index contributed by atoms with van der Waals surface area (Å²) in [5, 5.41) is 14.7. The largest absolute Gasteiger partial charge is 0.360 e. The summed E-state index contributed by atoms with van der Waals surface area (Å²) in [6.45, 7) is 2.34. The zero-order valence-corrected chi connectivity index (χ0v) is 16.7. The fraction of sp³-hybridized carbons (Fsp3) is 0.429. The fourth-order valence-electron chi connectivity index (χ4n) is 3.72. The van der Waals surface area contributed by atoms with Crippen LogP contribution in [-0.4, -0.2) is 53.4 Å². The van der Waals surface area contributed by atoms with Gasteiger partial charge in [-0.15, -0.1) is 0 Å². The van der Waals surface area contributed by atoms with Gasteiger partial charge in [0, 0.05) is 25.4 Å². The topological polar surface area (TPSA) is 91.6 Å². The Hall–Kier alpha value is -3.00. The van der Waals surface area contributed by atoms with Crippen LogP contribution < -0.4 is 10.2 Å². The lowest BCUT2D eigenvalue weighted by Crippen LogP contribution is -2.45. The molecule has 1 N–H and O–H groups in total. The first-order valence-electron chi connectivity index (χ1n) is 9.91. The molecular weight excluding hydrogens is 370 g/mol. The SMILES string of the molecule is CN(CC(=O)N(Cc1ccccn1)C1CCCNCC1)c1ccccc1[N+](=O)[O-]. The van der Waals surface area contributed by atoms with Crippen molar-refractivity contribution >= 4 is 17.3 Å². The van der Waals surface area contributed by atoms with E-state index < -0.39 is 4.92 Å². The van der Waals surface area contributed by atoms with Crippen molar-refractivity contribution < 1.29 is 9.72 Å².